The third-order valence-corrected chi connectivity index (χ3v) is 8.62. The molecule has 0 fully saturated rings. The van der Waals surface area contributed by atoms with Crippen LogP contribution in [0.15, 0.2) is 77.7 Å². The van der Waals surface area contributed by atoms with Gasteiger partial charge < -0.3 is 19.7 Å². The summed E-state index contributed by atoms with van der Waals surface area (Å²) >= 11 is 0. The van der Waals surface area contributed by atoms with Crippen LogP contribution in [0.5, 0.6) is 11.5 Å². The number of carbonyl (C=O) groups is 2. The van der Waals surface area contributed by atoms with E-state index in [4.69, 9.17) is 9.47 Å². The Morgan fingerprint density at radius 2 is 1.40 bits per heavy atom. The van der Waals surface area contributed by atoms with Crippen molar-refractivity contribution in [3.63, 3.8) is 0 Å². The molecule has 3 aromatic carbocycles. The molecule has 0 spiro atoms. The van der Waals surface area contributed by atoms with E-state index in [-0.39, 0.29) is 23.3 Å². The second-order valence-corrected chi connectivity index (χ2v) is 12.3. The second-order valence-electron chi connectivity index (χ2n) is 10.5. The summed E-state index contributed by atoms with van der Waals surface area (Å²) in [6, 6.07) is 19.3. The van der Waals surface area contributed by atoms with Gasteiger partial charge in [0.15, 0.2) is 0 Å². The number of carbonyl (C=O) groups excluding carboxylic acids is 2. The van der Waals surface area contributed by atoms with Crippen molar-refractivity contribution in [1.82, 2.24) is 10.2 Å². The molecule has 1 atom stereocenters. The van der Waals surface area contributed by atoms with Crippen molar-refractivity contribution >= 4 is 27.5 Å². The molecule has 1 N–H and O–H groups in total. The molecule has 0 saturated heterocycles. The van der Waals surface area contributed by atoms with Gasteiger partial charge >= 0.3 is 0 Å². The van der Waals surface area contributed by atoms with E-state index in [0.717, 1.165) is 15.4 Å². The Hall–Kier alpha value is -4.05. The molecular weight excluding hydrogens is 554 g/mol. The molecule has 0 aliphatic rings. The van der Waals surface area contributed by atoms with Crippen molar-refractivity contribution in [2.45, 2.75) is 51.6 Å². The van der Waals surface area contributed by atoms with E-state index in [1.807, 2.05) is 39.8 Å². The van der Waals surface area contributed by atoms with E-state index in [1.165, 1.54) is 24.1 Å². The number of amides is 2. The molecule has 0 unspecified atom stereocenters. The molecule has 0 radical (unpaired) electrons. The van der Waals surface area contributed by atoms with Crippen LogP contribution in [0.2, 0.25) is 0 Å². The minimum atomic E-state index is -4.15. The van der Waals surface area contributed by atoms with Crippen LogP contribution in [-0.2, 0) is 26.2 Å². The Morgan fingerprint density at radius 1 is 0.857 bits per heavy atom. The lowest BCUT2D eigenvalue weighted by Crippen LogP contribution is -2.52. The second kappa shape index (κ2) is 14.7. The number of anilines is 1. The Labute approximate surface area is 249 Å². The summed E-state index contributed by atoms with van der Waals surface area (Å²) < 4.78 is 39.5. The molecule has 0 heterocycles. The zero-order valence-electron chi connectivity index (χ0n) is 25.2. The lowest BCUT2D eigenvalue weighted by atomic mass is 10.1. The maximum atomic E-state index is 14.1. The van der Waals surface area contributed by atoms with Crippen LogP contribution in [-0.4, -0.2) is 58.5 Å². The van der Waals surface area contributed by atoms with Gasteiger partial charge in [0.05, 0.1) is 24.8 Å². The minimum absolute atomic E-state index is 0.0557. The highest BCUT2D eigenvalue weighted by Crippen LogP contribution is 2.27. The molecule has 9 nitrogen and oxygen atoms in total. The van der Waals surface area contributed by atoms with Crippen LogP contribution in [0, 0.1) is 12.8 Å². The smallest absolute Gasteiger partial charge is 0.264 e. The van der Waals surface area contributed by atoms with Crippen molar-refractivity contribution in [2.75, 3.05) is 31.6 Å². The Bertz CT molecular complexity index is 1420. The summed E-state index contributed by atoms with van der Waals surface area (Å²) in [5.74, 6) is 0.636. The number of rotatable bonds is 14. The molecule has 0 bridgehead atoms. The normalized spacial score (nSPS) is 12.0. The van der Waals surface area contributed by atoms with E-state index in [2.05, 4.69) is 5.32 Å². The van der Waals surface area contributed by atoms with E-state index in [1.54, 1.807) is 55.6 Å². The Kier molecular flexibility index (Phi) is 11.4. The third-order valence-electron chi connectivity index (χ3n) is 6.83. The molecule has 42 heavy (non-hydrogen) atoms. The predicted octanol–water partition coefficient (Wildman–Crippen LogP) is 4.79. The fourth-order valence-corrected chi connectivity index (χ4v) is 5.80. The summed E-state index contributed by atoms with van der Waals surface area (Å²) in [5, 5.41) is 2.93. The number of methoxy groups -OCH3 is 2. The van der Waals surface area contributed by atoms with Gasteiger partial charge in [-0.2, -0.15) is 0 Å². The van der Waals surface area contributed by atoms with E-state index >= 15 is 0 Å². The van der Waals surface area contributed by atoms with Crippen LogP contribution >= 0.6 is 0 Å². The van der Waals surface area contributed by atoms with Crippen molar-refractivity contribution in [3.05, 3.63) is 83.9 Å². The zero-order valence-corrected chi connectivity index (χ0v) is 26.0. The van der Waals surface area contributed by atoms with E-state index in [9.17, 15) is 18.0 Å². The predicted molar refractivity (Wildman–Crippen MR) is 164 cm³/mol. The molecule has 0 aliphatic carbocycles. The van der Waals surface area contributed by atoms with Crippen LogP contribution in [0.3, 0.4) is 0 Å². The average molecular weight is 596 g/mol. The van der Waals surface area contributed by atoms with Gasteiger partial charge in [0.25, 0.3) is 10.0 Å². The first kappa shape index (κ1) is 32.5. The summed E-state index contributed by atoms with van der Waals surface area (Å²) in [6.45, 7) is 7.74. The maximum absolute atomic E-state index is 14.1. The molecule has 226 valence electrons. The van der Waals surface area contributed by atoms with Gasteiger partial charge in [-0.1, -0.05) is 50.6 Å². The third kappa shape index (κ3) is 8.25. The molecular formula is C32H41N3O6S. The highest BCUT2D eigenvalue weighted by molar-refractivity contribution is 7.92. The lowest BCUT2D eigenvalue weighted by molar-refractivity contribution is -0.140. The number of aryl methyl sites for hydroxylation is 1. The van der Waals surface area contributed by atoms with Gasteiger partial charge in [-0.3, -0.25) is 13.9 Å². The van der Waals surface area contributed by atoms with Crippen molar-refractivity contribution in [3.8, 4) is 11.5 Å². The summed E-state index contributed by atoms with van der Waals surface area (Å²) in [5.41, 5.74) is 1.98. The topological polar surface area (TPSA) is 105 Å². The molecule has 0 saturated carbocycles. The minimum Gasteiger partial charge on any atom is -0.497 e. The van der Waals surface area contributed by atoms with Gasteiger partial charge in [0.1, 0.15) is 24.1 Å². The van der Waals surface area contributed by atoms with E-state index < -0.39 is 28.5 Å². The van der Waals surface area contributed by atoms with Crippen molar-refractivity contribution in [2.24, 2.45) is 5.92 Å². The average Bonchev–Trinajstić information content (AvgIpc) is 2.99. The van der Waals surface area contributed by atoms with Gasteiger partial charge in [-0.05, 0) is 73.4 Å². The van der Waals surface area contributed by atoms with Crippen molar-refractivity contribution in [1.29, 1.82) is 0 Å². The number of hydrogen-bond donors (Lipinski definition) is 1. The van der Waals surface area contributed by atoms with Crippen LogP contribution in [0.25, 0.3) is 0 Å². The van der Waals surface area contributed by atoms with Crippen LogP contribution in [0.1, 0.15) is 38.3 Å². The van der Waals surface area contributed by atoms with Crippen LogP contribution < -0.4 is 19.1 Å². The highest BCUT2D eigenvalue weighted by Gasteiger charge is 2.33. The van der Waals surface area contributed by atoms with Gasteiger partial charge in [-0.15, -0.1) is 0 Å². The Morgan fingerprint density at radius 3 is 1.90 bits per heavy atom. The largest absolute Gasteiger partial charge is 0.497 e. The first-order valence-electron chi connectivity index (χ1n) is 13.9. The number of benzene rings is 3. The van der Waals surface area contributed by atoms with Gasteiger partial charge in [-0.25, -0.2) is 8.42 Å². The lowest BCUT2D eigenvalue weighted by Gasteiger charge is -2.33. The highest BCUT2D eigenvalue weighted by atomic mass is 32.2. The molecule has 2 amide bonds. The SMILES string of the molecule is CC[C@@H](C(=O)NCC(C)C)N(Cc1ccc(OC)cc1)C(=O)CN(c1ccc(OC)cc1)S(=O)(=O)c1ccc(C)cc1. The monoisotopic (exact) mass is 595 g/mol. The molecule has 10 heteroatoms. The standard InChI is InChI=1S/C32H41N3O6S/c1-7-30(32(37)33-20-23(2)3)34(21-25-10-14-27(40-5)15-11-25)31(36)22-35(26-12-16-28(41-6)17-13-26)42(38,39)29-18-8-24(4)9-19-29/h8-19,23,30H,7,20-22H2,1-6H3,(H,33,37)/t30-/m0/s1. The van der Waals surface area contributed by atoms with Gasteiger partial charge in [0.2, 0.25) is 11.8 Å². The zero-order chi connectivity index (χ0) is 30.9. The number of nitrogens with zero attached hydrogens (tertiary/aromatic N) is 2. The van der Waals surface area contributed by atoms with Crippen molar-refractivity contribution < 1.29 is 27.5 Å². The Balaban J connectivity index is 2.04. The molecule has 0 aromatic heterocycles. The molecule has 3 aromatic rings. The van der Waals surface area contributed by atoms with Gasteiger partial charge in [0, 0.05) is 13.1 Å². The molecule has 0 aliphatic heterocycles. The number of nitrogens with one attached hydrogen (secondary N) is 1. The fourth-order valence-electron chi connectivity index (χ4n) is 4.38. The summed E-state index contributed by atoms with van der Waals surface area (Å²) in [4.78, 5) is 29.0. The summed E-state index contributed by atoms with van der Waals surface area (Å²) in [6.07, 6.45) is 0.346. The number of hydrogen-bond acceptors (Lipinski definition) is 6. The first-order chi connectivity index (χ1) is 20.0. The fraction of sp³-hybridized carbons (Fsp3) is 0.375. The molecule has 3 rings (SSSR count). The van der Waals surface area contributed by atoms with Crippen LogP contribution in [0.4, 0.5) is 5.69 Å². The number of sulfonamides is 1. The first-order valence-corrected chi connectivity index (χ1v) is 15.4. The maximum Gasteiger partial charge on any atom is 0.264 e. The summed E-state index contributed by atoms with van der Waals surface area (Å²) in [7, 11) is -1.06. The number of ether oxygens (including phenoxy) is 2. The van der Waals surface area contributed by atoms with E-state index in [0.29, 0.717) is 30.2 Å². The quantitative estimate of drug-likeness (QED) is 0.288.